The van der Waals surface area contributed by atoms with Crippen molar-refractivity contribution in [2.24, 2.45) is 0 Å². The Balaban J connectivity index is 2.29. The highest BCUT2D eigenvalue weighted by Crippen LogP contribution is 2.34. The van der Waals surface area contributed by atoms with Crippen molar-refractivity contribution in [2.45, 2.75) is 37.0 Å². The summed E-state index contributed by atoms with van der Waals surface area (Å²) in [5, 5.41) is 0. The summed E-state index contributed by atoms with van der Waals surface area (Å²) in [6, 6.07) is 12.0. The zero-order valence-electron chi connectivity index (χ0n) is 12.9. The predicted molar refractivity (Wildman–Crippen MR) is 87.7 cm³/mol. The fraction of sp³-hybridized carbons (Fsp3) is 0.278. The molecule has 0 aromatic heterocycles. The molecule has 0 aliphatic rings. The van der Waals surface area contributed by atoms with Gasteiger partial charge < -0.3 is 4.74 Å². The molecule has 0 radical (unpaired) electrons. The van der Waals surface area contributed by atoms with E-state index in [1.807, 2.05) is 43.3 Å². The number of hydrogen-bond donors (Lipinski definition) is 0. The average molecular weight is 300 g/mol. The minimum Gasteiger partial charge on any atom is -0.497 e. The molecule has 0 saturated carbocycles. The normalized spacial score (nSPS) is 10.5. The van der Waals surface area contributed by atoms with Gasteiger partial charge in [0.25, 0.3) is 0 Å². The summed E-state index contributed by atoms with van der Waals surface area (Å²) in [5.41, 5.74) is 3.10. The molecule has 0 saturated heterocycles. The van der Waals surface area contributed by atoms with Crippen LogP contribution in [0, 0.1) is 13.8 Å². The van der Waals surface area contributed by atoms with Gasteiger partial charge in [-0.1, -0.05) is 18.7 Å². The first-order valence-electron chi connectivity index (χ1n) is 7.01. The molecule has 0 aliphatic heterocycles. The van der Waals surface area contributed by atoms with Crippen LogP contribution in [0.3, 0.4) is 0 Å². The van der Waals surface area contributed by atoms with Crippen LogP contribution in [0.15, 0.2) is 46.2 Å². The van der Waals surface area contributed by atoms with Crippen molar-refractivity contribution < 1.29 is 9.53 Å². The van der Waals surface area contributed by atoms with Crippen LogP contribution in [-0.2, 0) is 0 Å². The highest BCUT2D eigenvalue weighted by molar-refractivity contribution is 7.99. The van der Waals surface area contributed by atoms with E-state index in [0.717, 1.165) is 27.3 Å². The highest BCUT2D eigenvalue weighted by Gasteiger charge is 2.10. The number of methoxy groups -OCH3 is 1. The summed E-state index contributed by atoms with van der Waals surface area (Å²) in [4.78, 5) is 14.2. The topological polar surface area (TPSA) is 26.3 Å². The van der Waals surface area contributed by atoms with Gasteiger partial charge >= 0.3 is 0 Å². The van der Waals surface area contributed by atoms with Crippen LogP contribution >= 0.6 is 11.8 Å². The van der Waals surface area contributed by atoms with Gasteiger partial charge in [0.2, 0.25) is 0 Å². The second kappa shape index (κ2) is 6.81. The number of benzene rings is 2. The molecule has 21 heavy (non-hydrogen) atoms. The van der Waals surface area contributed by atoms with Crippen molar-refractivity contribution >= 4 is 17.5 Å². The van der Waals surface area contributed by atoms with Crippen molar-refractivity contribution in [3.05, 3.63) is 53.1 Å². The molecule has 0 heterocycles. The van der Waals surface area contributed by atoms with Gasteiger partial charge in [-0.2, -0.15) is 0 Å². The summed E-state index contributed by atoms with van der Waals surface area (Å²) in [6.45, 7) is 6.02. The van der Waals surface area contributed by atoms with Crippen LogP contribution in [0.4, 0.5) is 0 Å². The summed E-state index contributed by atoms with van der Waals surface area (Å²) in [6.07, 6.45) is 0.545. The van der Waals surface area contributed by atoms with E-state index in [1.165, 1.54) is 4.90 Å². The van der Waals surface area contributed by atoms with Crippen LogP contribution in [0.1, 0.15) is 34.8 Å². The van der Waals surface area contributed by atoms with Gasteiger partial charge in [-0.15, -0.1) is 0 Å². The van der Waals surface area contributed by atoms with E-state index in [2.05, 4.69) is 13.8 Å². The Morgan fingerprint density at radius 3 is 2.14 bits per heavy atom. The molecule has 0 bridgehead atoms. The molecule has 0 fully saturated rings. The van der Waals surface area contributed by atoms with Crippen molar-refractivity contribution in [3.63, 3.8) is 0 Å². The number of carbonyl (C=O) groups excluding carboxylic acids is 1. The lowest BCUT2D eigenvalue weighted by atomic mass is 10.0. The Morgan fingerprint density at radius 2 is 1.67 bits per heavy atom. The van der Waals surface area contributed by atoms with Crippen molar-refractivity contribution in [1.29, 1.82) is 0 Å². The molecule has 2 aromatic rings. The van der Waals surface area contributed by atoms with Gasteiger partial charge in [0.05, 0.1) is 7.11 Å². The molecule has 2 nitrogen and oxygen atoms in total. The van der Waals surface area contributed by atoms with Crippen LogP contribution in [-0.4, -0.2) is 12.9 Å². The van der Waals surface area contributed by atoms with E-state index in [-0.39, 0.29) is 5.78 Å². The first-order valence-corrected chi connectivity index (χ1v) is 7.83. The second-order valence-electron chi connectivity index (χ2n) is 4.99. The van der Waals surface area contributed by atoms with Crippen LogP contribution in [0.5, 0.6) is 5.75 Å². The molecular weight excluding hydrogens is 280 g/mol. The van der Waals surface area contributed by atoms with Crippen molar-refractivity contribution in [3.8, 4) is 5.75 Å². The first-order chi connectivity index (χ1) is 10.0. The zero-order chi connectivity index (χ0) is 15.4. The quantitative estimate of drug-likeness (QED) is 0.722. The largest absolute Gasteiger partial charge is 0.497 e. The molecule has 3 heteroatoms. The summed E-state index contributed by atoms with van der Waals surface area (Å²) >= 11 is 1.72. The number of Topliss-reactive ketones (excluding diaryl/α,β-unsaturated/α-hetero) is 1. The Morgan fingerprint density at radius 1 is 1.10 bits per heavy atom. The van der Waals surface area contributed by atoms with Gasteiger partial charge in [-0.3, -0.25) is 4.79 Å². The number of ether oxygens (including phenoxy) is 1. The highest BCUT2D eigenvalue weighted by atomic mass is 32.2. The minimum absolute atomic E-state index is 0.196. The van der Waals surface area contributed by atoms with Gasteiger partial charge in [0, 0.05) is 21.8 Å². The standard InChI is InChI=1S/C18H20O2S/c1-5-17(19)14-10-12(2)18(13(3)11-14)21-16-8-6-15(20-4)7-9-16/h6-11H,5H2,1-4H3. The lowest BCUT2D eigenvalue weighted by molar-refractivity contribution is 0.0988. The maximum absolute atomic E-state index is 11.8. The number of aryl methyl sites for hydroxylation is 2. The van der Waals surface area contributed by atoms with Gasteiger partial charge in [-0.25, -0.2) is 0 Å². The maximum atomic E-state index is 11.8. The molecule has 0 atom stereocenters. The first kappa shape index (κ1) is 15.6. The average Bonchev–Trinajstić information content (AvgIpc) is 2.50. The van der Waals surface area contributed by atoms with E-state index >= 15 is 0 Å². The van der Waals surface area contributed by atoms with E-state index in [9.17, 15) is 4.79 Å². The van der Waals surface area contributed by atoms with Crippen molar-refractivity contribution in [1.82, 2.24) is 0 Å². The van der Waals surface area contributed by atoms with Crippen LogP contribution in [0.25, 0.3) is 0 Å². The summed E-state index contributed by atoms with van der Waals surface area (Å²) in [7, 11) is 1.67. The summed E-state index contributed by atoms with van der Waals surface area (Å²) in [5.74, 6) is 1.05. The number of ketones is 1. The van der Waals surface area contributed by atoms with E-state index < -0.39 is 0 Å². The lowest BCUT2D eigenvalue weighted by Gasteiger charge is -2.12. The molecular formula is C18H20O2S. The Bertz CT molecular complexity index is 622. The SMILES string of the molecule is CCC(=O)c1cc(C)c(Sc2ccc(OC)cc2)c(C)c1. The smallest absolute Gasteiger partial charge is 0.162 e. The monoisotopic (exact) mass is 300 g/mol. The molecule has 0 spiro atoms. The maximum Gasteiger partial charge on any atom is 0.162 e. The third-order valence-corrected chi connectivity index (χ3v) is 4.74. The molecule has 0 amide bonds. The number of hydrogen-bond acceptors (Lipinski definition) is 3. The van der Waals surface area contributed by atoms with Gasteiger partial charge in [0.15, 0.2) is 5.78 Å². The molecule has 0 aliphatic carbocycles. The number of rotatable bonds is 5. The van der Waals surface area contributed by atoms with Gasteiger partial charge in [0.1, 0.15) is 5.75 Å². The Labute approximate surface area is 130 Å². The summed E-state index contributed by atoms with van der Waals surface area (Å²) < 4.78 is 5.17. The zero-order valence-corrected chi connectivity index (χ0v) is 13.7. The fourth-order valence-electron chi connectivity index (χ4n) is 2.24. The Hall–Kier alpha value is -1.74. The predicted octanol–water partition coefficient (Wildman–Crippen LogP) is 5.06. The fourth-order valence-corrected chi connectivity index (χ4v) is 3.19. The molecule has 110 valence electrons. The van der Waals surface area contributed by atoms with Crippen LogP contribution in [0.2, 0.25) is 0 Å². The molecule has 2 aromatic carbocycles. The van der Waals surface area contributed by atoms with Crippen molar-refractivity contribution in [2.75, 3.05) is 7.11 Å². The van der Waals surface area contributed by atoms with E-state index in [0.29, 0.717) is 6.42 Å². The van der Waals surface area contributed by atoms with E-state index in [1.54, 1.807) is 18.9 Å². The minimum atomic E-state index is 0.196. The molecule has 0 N–H and O–H groups in total. The third kappa shape index (κ3) is 3.67. The molecule has 2 rings (SSSR count). The van der Waals surface area contributed by atoms with Crippen LogP contribution < -0.4 is 4.74 Å². The van der Waals surface area contributed by atoms with E-state index in [4.69, 9.17) is 4.74 Å². The number of carbonyl (C=O) groups is 1. The third-order valence-electron chi connectivity index (χ3n) is 3.38. The Kier molecular flexibility index (Phi) is 5.07. The van der Waals surface area contributed by atoms with Gasteiger partial charge in [-0.05, 0) is 61.4 Å². The molecule has 0 unspecified atom stereocenters. The lowest BCUT2D eigenvalue weighted by Crippen LogP contribution is -1.99. The second-order valence-corrected chi connectivity index (χ2v) is 6.08.